The zero-order chi connectivity index (χ0) is 37.2. The van der Waals surface area contributed by atoms with Crippen LogP contribution in [-0.4, -0.2) is 70.3 Å². The first kappa shape index (κ1) is 39.5. The number of carbonyl (C=O) groups excluding carboxylic acids is 2. The fraction of sp³-hybridized carbons (Fsp3) is 0.333. The van der Waals surface area contributed by atoms with Gasteiger partial charge in [-0.2, -0.15) is 0 Å². The van der Waals surface area contributed by atoms with E-state index < -0.39 is 11.8 Å². The van der Waals surface area contributed by atoms with E-state index in [1.165, 1.54) is 14.2 Å². The molecule has 0 unspecified atom stereocenters. The molecule has 1 aliphatic rings. The lowest BCUT2D eigenvalue weighted by Crippen LogP contribution is -2.38. The van der Waals surface area contributed by atoms with Crippen molar-refractivity contribution in [1.29, 1.82) is 0 Å². The molecule has 52 heavy (non-hydrogen) atoms. The third-order valence-electron chi connectivity index (χ3n) is 8.55. The fourth-order valence-electron chi connectivity index (χ4n) is 5.78. The van der Waals surface area contributed by atoms with Crippen molar-refractivity contribution >= 4 is 58.2 Å². The van der Waals surface area contributed by atoms with Crippen molar-refractivity contribution in [3.8, 4) is 23.0 Å². The zero-order valence-electron chi connectivity index (χ0n) is 29.1. The summed E-state index contributed by atoms with van der Waals surface area (Å²) in [7, 11) is 2.81. The van der Waals surface area contributed by atoms with Crippen molar-refractivity contribution < 1.29 is 38.0 Å². The van der Waals surface area contributed by atoms with Gasteiger partial charge in [0.25, 0.3) is 0 Å². The first-order chi connectivity index (χ1) is 25.1. The summed E-state index contributed by atoms with van der Waals surface area (Å²) in [4.78, 5) is 29.8. The number of ketones is 1. The third kappa shape index (κ3) is 10.0. The third-order valence-corrected chi connectivity index (χ3v) is 10.0. The van der Waals surface area contributed by atoms with E-state index in [1.807, 2.05) is 6.92 Å². The summed E-state index contributed by atoms with van der Waals surface area (Å²) >= 11 is 24.8. The van der Waals surface area contributed by atoms with Crippen LogP contribution in [0.25, 0.3) is 0 Å². The molecule has 0 aromatic heterocycles. The molecule has 9 nitrogen and oxygen atoms in total. The number of rotatable bonds is 16. The van der Waals surface area contributed by atoms with Crippen LogP contribution < -0.4 is 18.9 Å². The van der Waals surface area contributed by atoms with Gasteiger partial charge in [0.2, 0.25) is 0 Å². The maximum Gasteiger partial charge on any atom is 0.310 e. The van der Waals surface area contributed by atoms with Gasteiger partial charge in [-0.3, -0.25) is 14.5 Å². The molecule has 1 aliphatic heterocycles. The molecule has 1 saturated heterocycles. The molecule has 0 bridgehead atoms. The van der Waals surface area contributed by atoms with Crippen molar-refractivity contribution in [2.45, 2.75) is 33.0 Å². The monoisotopic (exact) mass is 789 g/mol. The minimum absolute atomic E-state index is 0.0335. The number of morpholine rings is 1. The van der Waals surface area contributed by atoms with Crippen LogP contribution >= 0.6 is 46.4 Å². The molecule has 4 aromatic carbocycles. The van der Waals surface area contributed by atoms with Crippen LogP contribution in [-0.2, 0) is 40.3 Å². The van der Waals surface area contributed by atoms with Crippen molar-refractivity contribution in [1.82, 2.24) is 4.90 Å². The highest BCUT2D eigenvalue weighted by Crippen LogP contribution is 2.39. The second-order valence-electron chi connectivity index (χ2n) is 11.9. The molecule has 0 amide bonds. The number of hydrogen-bond donors (Lipinski definition) is 0. The Hall–Kier alpha value is -3.70. The number of benzene rings is 4. The Labute approximate surface area is 323 Å². The second-order valence-corrected chi connectivity index (χ2v) is 13.5. The Morgan fingerprint density at radius 3 is 1.92 bits per heavy atom. The Balaban J connectivity index is 1.54. The van der Waals surface area contributed by atoms with Gasteiger partial charge in [-0.15, -0.1) is 0 Å². The van der Waals surface area contributed by atoms with E-state index in [9.17, 15) is 9.59 Å². The zero-order valence-corrected chi connectivity index (χ0v) is 32.1. The molecule has 0 saturated carbocycles. The number of carbonyl (C=O) groups is 2. The molecule has 0 N–H and O–H groups in total. The topological polar surface area (TPSA) is 92.8 Å². The van der Waals surface area contributed by atoms with Gasteiger partial charge in [-0.05, 0) is 71.1 Å². The lowest BCUT2D eigenvalue weighted by atomic mass is 9.89. The number of ether oxygens (including phenoxy) is 6. The predicted molar refractivity (Wildman–Crippen MR) is 202 cm³/mol. The van der Waals surface area contributed by atoms with Crippen LogP contribution in [0.1, 0.15) is 45.1 Å². The van der Waals surface area contributed by atoms with E-state index in [0.29, 0.717) is 85.8 Å². The summed E-state index contributed by atoms with van der Waals surface area (Å²) in [6, 6.07) is 17.0. The molecular weight excluding hydrogens is 752 g/mol. The number of methoxy groups -OCH3 is 2. The highest BCUT2D eigenvalue weighted by atomic mass is 35.5. The summed E-state index contributed by atoms with van der Waals surface area (Å²) in [5, 5.41) is 1.57. The molecule has 0 spiro atoms. The largest absolute Gasteiger partial charge is 0.493 e. The van der Waals surface area contributed by atoms with Crippen molar-refractivity contribution in [3.63, 3.8) is 0 Å². The van der Waals surface area contributed by atoms with Gasteiger partial charge in [0.15, 0.2) is 17.3 Å². The summed E-state index contributed by atoms with van der Waals surface area (Å²) in [5.74, 6) is 0.571. The lowest BCUT2D eigenvalue weighted by molar-refractivity contribution is -0.139. The van der Waals surface area contributed by atoms with Gasteiger partial charge >= 0.3 is 5.97 Å². The lowest BCUT2D eigenvalue weighted by Gasteiger charge is -2.26. The molecule has 1 fully saturated rings. The molecule has 4 aromatic rings. The molecule has 5 rings (SSSR count). The Morgan fingerprint density at radius 1 is 0.712 bits per heavy atom. The van der Waals surface area contributed by atoms with Crippen LogP contribution in [0, 0.1) is 0 Å². The average molecular weight is 792 g/mol. The Kier molecular flexibility index (Phi) is 14.3. The number of esters is 1. The summed E-state index contributed by atoms with van der Waals surface area (Å²) < 4.78 is 34.9. The molecule has 13 heteroatoms. The van der Waals surface area contributed by atoms with Crippen LogP contribution in [0.2, 0.25) is 20.1 Å². The van der Waals surface area contributed by atoms with Crippen molar-refractivity contribution in [2.75, 3.05) is 53.7 Å². The first-order valence-electron chi connectivity index (χ1n) is 16.7. The molecule has 0 aliphatic carbocycles. The maximum absolute atomic E-state index is 14.6. The molecule has 1 heterocycles. The van der Waals surface area contributed by atoms with E-state index >= 15 is 0 Å². The normalized spacial score (nSPS) is 13.1. The average Bonchev–Trinajstić information content (AvgIpc) is 3.15. The van der Waals surface area contributed by atoms with E-state index in [1.54, 1.807) is 60.7 Å². The molecular formula is C39H39Cl4NO8. The smallest absolute Gasteiger partial charge is 0.310 e. The Bertz CT molecular complexity index is 1900. The highest BCUT2D eigenvalue weighted by Gasteiger charge is 2.28. The second kappa shape index (κ2) is 18.9. The van der Waals surface area contributed by atoms with E-state index in [2.05, 4.69) is 4.90 Å². The molecule has 276 valence electrons. The van der Waals surface area contributed by atoms with Crippen LogP contribution in [0.3, 0.4) is 0 Å². The predicted octanol–water partition coefficient (Wildman–Crippen LogP) is 8.69. The Morgan fingerprint density at radius 2 is 1.35 bits per heavy atom. The van der Waals surface area contributed by atoms with E-state index in [0.717, 1.165) is 25.2 Å². The van der Waals surface area contributed by atoms with Gasteiger partial charge in [0.1, 0.15) is 31.3 Å². The van der Waals surface area contributed by atoms with Crippen LogP contribution in [0.5, 0.6) is 23.0 Å². The van der Waals surface area contributed by atoms with Crippen molar-refractivity contribution in [3.05, 3.63) is 114 Å². The van der Waals surface area contributed by atoms with Gasteiger partial charge in [-0.1, -0.05) is 65.5 Å². The van der Waals surface area contributed by atoms with Gasteiger partial charge < -0.3 is 28.4 Å². The molecule has 0 atom stereocenters. The van der Waals surface area contributed by atoms with Gasteiger partial charge in [0, 0.05) is 31.3 Å². The fourth-order valence-corrected chi connectivity index (χ4v) is 6.42. The number of hydrogen-bond acceptors (Lipinski definition) is 9. The van der Waals surface area contributed by atoms with Gasteiger partial charge in [0.05, 0.1) is 59.5 Å². The summed E-state index contributed by atoms with van der Waals surface area (Å²) in [6.07, 6.45) is 0.212. The number of nitrogens with zero attached hydrogens (tertiary/aromatic N) is 1. The van der Waals surface area contributed by atoms with Crippen LogP contribution in [0.4, 0.5) is 0 Å². The minimum Gasteiger partial charge on any atom is -0.493 e. The molecule has 0 radical (unpaired) electrons. The van der Waals surface area contributed by atoms with E-state index in [-0.39, 0.29) is 30.9 Å². The van der Waals surface area contributed by atoms with E-state index in [4.69, 9.17) is 74.8 Å². The van der Waals surface area contributed by atoms with Crippen LogP contribution in [0.15, 0.2) is 60.7 Å². The quantitative estimate of drug-likeness (QED) is 0.0817. The minimum atomic E-state index is -0.539. The first-order valence-corrected chi connectivity index (χ1v) is 18.2. The SMILES string of the molecule is CCc1c(OCc2ccc(Cl)c(Cl)c2)cc(OCc2ccc(Cl)c(Cl)c2)c(C(=O)c2ccc(OCCN3CCOCC3)c(OC)c2)c1CC(=O)OC. The standard InChI is InChI=1S/C39H39Cl4NO8/c1-4-27-28(20-37(45)48-3)38(39(46)26-7-10-33(35(19-26)47-2)50-16-13-44-11-14-49-15-12-44)36(52-23-25-6-9-30(41)32(43)18-25)21-34(27)51-22-24-5-8-29(40)31(42)17-24/h5-10,17-19,21H,4,11-16,20,22-23H2,1-3H3. The number of halogens is 4. The van der Waals surface area contributed by atoms with Crippen molar-refractivity contribution in [2.24, 2.45) is 0 Å². The summed E-state index contributed by atoms with van der Waals surface area (Å²) in [5.41, 5.74) is 3.02. The summed E-state index contributed by atoms with van der Waals surface area (Å²) in [6.45, 7) is 6.32. The van der Waals surface area contributed by atoms with Gasteiger partial charge in [-0.25, -0.2) is 0 Å². The maximum atomic E-state index is 14.6. The highest BCUT2D eigenvalue weighted by molar-refractivity contribution is 6.42.